The molecule has 124 valence electrons. The normalized spacial score (nSPS) is 37.2. The Hall–Kier alpha value is -1.10. The van der Waals surface area contributed by atoms with E-state index in [2.05, 4.69) is 10.8 Å². The Bertz CT molecular complexity index is 426. The minimum Gasteiger partial charge on any atom is -0.343 e. The molecule has 5 heteroatoms. The summed E-state index contributed by atoms with van der Waals surface area (Å²) >= 11 is 0. The van der Waals surface area contributed by atoms with Crippen molar-refractivity contribution in [2.24, 2.45) is 29.1 Å². The van der Waals surface area contributed by atoms with Gasteiger partial charge in [-0.1, -0.05) is 13.8 Å². The zero-order valence-corrected chi connectivity index (χ0v) is 13.9. The molecule has 4 saturated carbocycles. The molecule has 5 nitrogen and oxygen atoms in total. The highest BCUT2D eigenvalue weighted by Gasteiger charge is 2.55. The molecule has 4 rings (SSSR count). The average Bonchev–Trinajstić information content (AvgIpc) is 2.42. The lowest BCUT2D eigenvalue weighted by atomic mass is 9.49. The van der Waals surface area contributed by atoms with Gasteiger partial charge in [0.25, 0.3) is 5.91 Å². The fourth-order valence-corrected chi connectivity index (χ4v) is 5.38. The number of hydrogen-bond donors (Lipinski definition) is 2. The molecule has 22 heavy (non-hydrogen) atoms. The first-order valence-corrected chi connectivity index (χ1v) is 8.57. The SMILES string of the molecule is CONC(=O)[C@H](NC(=O)C12CC3CC(CC(C3)C1)C2)C(C)C. The number of hydrogen-bond acceptors (Lipinski definition) is 3. The summed E-state index contributed by atoms with van der Waals surface area (Å²) in [6.07, 6.45) is 6.98. The summed E-state index contributed by atoms with van der Waals surface area (Å²) in [5.41, 5.74) is 2.14. The van der Waals surface area contributed by atoms with Crippen molar-refractivity contribution in [1.82, 2.24) is 10.8 Å². The number of amides is 2. The predicted octanol–water partition coefficient (Wildman–Crippen LogP) is 2.02. The summed E-state index contributed by atoms with van der Waals surface area (Å²) in [5, 5.41) is 3.03. The maximum Gasteiger partial charge on any atom is 0.266 e. The molecule has 0 aromatic heterocycles. The van der Waals surface area contributed by atoms with Gasteiger partial charge in [-0.2, -0.15) is 0 Å². The Labute approximate surface area is 132 Å². The maximum absolute atomic E-state index is 13.0. The van der Waals surface area contributed by atoms with Gasteiger partial charge >= 0.3 is 0 Å². The molecule has 1 atom stereocenters. The van der Waals surface area contributed by atoms with Gasteiger partial charge in [0.05, 0.1) is 7.11 Å². The van der Waals surface area contributed by atoms with E-state index in [0.29, 0.717) is 0 Å². The molecule has 0 unspecified atom stereocenters. The van der Waals surface area contributed by atoms with E-state index in [1.165, 1.54) is 26.4 Å². The van der Waals surface area contributed by atoms with E-state index in [4.69, 9.17) is 4.84 Å². The minimum atomic E-state index is -0.527. The van der Waals surface area contributed by atoms with Gasteiger partial charge in [-0.25, -0.2) is 5.48 Å². The van der Waals surface area contributed by atoms with Crippen LogP contribution in [0.25, 0.3) is 0 Å². The lowest BCUT2D eigenvalue weighted by molar-refractivity contribution is -0.150. The quantitative estimate of drug-likeness (QED) is 0.764. The molecule has 0 aliphatic heterocycles. The van der Waals surface area contributed by atoms with Gasteiger partial charge in [0.1, 0.15) is 6.04 Å². The molecule has 0 aromatic rings. The lowest BCUT2D eigenvalue weighted by Gasteiger charge is -2.55. The summed E-state index contributed by atoms with van der Waals surface area (Å²) in [7, 11) is 1.41. The Morgan fingerprint density at radius 3 is 1.95 bits per heavy atom. The first-order valence-electron chi connectivity index (χ1n) is 8.57. The van der Waals surface area contributed by atoms with Gasteiger partial charge in [0.2, 0.25) is 5.91 Å². The van der Waals surface area contributed by atoms with E-state index < -0.39 is 6.04 Å². The lowest BCUT2D eigenvalue weighted by Crippen LogP contribution is -2.58. The predicted molar refractivity (Wildman–Crippen MR) is 82.5 cm³/mol. The molecule has 4 bridgehead atoms. The molecular weight excluding hydrogens is 280 g/mol. The van der Waals surface area contributed by atoms with Crippen LogP contribution in [-0.2, 0) is 14.4 Å². The van der Waals surface area contributed by atoms with Gasteiger partial charge in [-0.15, -0.1) is 0 Å². The molecule has 0 saturated heterocycles. The smallest absolute Gasteiger partial charge is 0.266 e. The summed E-state index contributed by atoms with van der Waals surface area (Å²) in [6.45, 7) is 3.89. The maximum atomic E-state index is 13.0. The van der Waals surface area contributed by atoms with Gasteiger partial charge < -0.3 is 5.32 Å². The highest BCUT2D eigenvalue weighted by atomic mass is 16.6. The van der Waals surface area contributed by atoms with Gasteiger partial charge in [0, 0.05) is 5.41 Å². The molecule has 2 N–H and O–H groups in total. The van der Waals surface area contributed by atoms with Crippen molar-refractivity contribution in [3.8, 4) is 0 Å². The molecular formula is C17H28N2O3. The van der Waals surface area contributed by atoms with E-state index in [0.717, 1.165) is 37.0 Å². The molecule has 4 fully saturated rings. The van der Waals surface area contributed by atoms with Crippen molar-refractivity contribution < 1.29 is 14.4 Å². The van der Waals surface area contributed by atoms with E-state index in [1.807, 2.05) is 13.8 Å². The van der Waals surface area contributed by atoms with Gasteiger partial charge in [-0.3, -0.25) is 14.4 Å². The van der Waals surface area contributed by atoms with Crippen LogP contribution in [0.2, 0.25) is 0 Å². The Morgan fingerprint density at radius 2 is 1.55 bits per heavy atom. The molecule has 2 amide bonds. The van der Waals surface area contributed by atoms with Crippen molar-refractivity contribution in [3.63, 3.8) is 0 Å². The van der Waals surface area contributed by atoms with Crippen molar-refractivity contribution in [1.29, 1.82) is 0 Å². The number of hydroxylamine groups is 1. The molecule has 4 aliphatic rings. The molecule has 4 aliphatic carbocycles. The van der Waals surface area contributed by atoms with Crippen molar-refractivity contribution >= 4 is 11.8 Å². The second-order valence-electron chi connectivity index (χ2n) is 8.06. The highest BCUT2D eigenvalue weighted by molar-refractivity contribution is 5.90. The molecule has 0 radical (unpaired) electrons. The average molecular weight is 308 g/mol. The van der Waals surface area contributed by atoms with Crippen LogP contribution in [0, 0.1) is 29.1 Å². The third kappa shape index (κ3) is 2.75. The number of rotatable bonds is 5. The Balaban J connectivity index is 1.71. The van der Waals surface area contributed by atoms with Gasteiger partial charge in [-0.05, 0) is 62.2 Å². The molecule has 0 aromatic carbocycles. The van der Waals surface area contributed by atoms with E-state index >= 15 is 0 Å². The van der Waals surface area contributed by atoms with Crippen LogP contribution in [0.3, 0.4) is 0 Å². The van der Waals surface area contributed by atoms with Crippen molar-refractivity contribution in [3.05, 3.63) is 0 Å². The van der Waals surface area contributed by atoms with Crippen molar-refractivity contribution in [2.45, 2.75) is 58.4 Å². The van der Waals surface area contributed by atoms with Crippen LogP contribution in [-0.4, -0.2) is 25.0 Å². The fraction of sp³-hybridized carbons (Fsp3) is 0.882. The fourth-order valence-electron chi connectivity index (χ4n) is 5.38. The van der Waals surface area contributed by atoms with Crippen LogP contribution in [0.1, 0.15) is 52.4 Å². The Kier molecular flexibility index (Phi) is 4.19. The molecule has 0 spiro atoms. The molecule has 0 heterocycles. The zero-order chi connectivity index (χ0) is 15.9. The highest BCUT2D eigenvalue weighted by Crippen LogP contribution is 2.60. The monoisotopic (exact) mass is 308 g/mol. The summed E-state index contributed by atoms with van der Waals surface area (Å²) in [4.78, 5) is 29.8. The van der Waals surface area contributed by atoms with Crippen LogP contribution in [0.15, 0.2) is 0 Å². The summed E-state index contributed by atoms with van der Waals surface area (Å²) in [5.74, 6) is 2.03. The van der Waals surface area contributed by atoms with Crippen LogP contribution >= 0.6 is 0 Å². The minimum absolute atomic E-state index is 0.0352. The largest absolute Gasteiger partial charge is 0.343 e. The second kappa shape index (κ2) is 5.84. The van der Waals surface area contributed by atoms with Crippen LogP contribution in [0.4, 0.5) is 0 Å². The number of carbonyl (C=O) groups excluding carboxylic acids is 2. The third-order valence-electron chi connectivity index (χ3n) is 5.96. The Morgan fingerprint density at radius 1 is 1.05 bits per heavy atom. The van der Waals surface area contributed by atoms with Gasteiger partial charge in [0.15, 0.2) is 0 Å². The number of carbonyl (C=O) groups is 2. The van der Waals surface area contributed by atoms with E-state index in [9.17, 15) is 9.59 Å². The first-order chi connectivity index (χ1) is 10.4. The second-order valence-corrected chi connectivity index (χ2v) is 8.06. The number of nitrogens with one attached hydrogen (secondary N) is 2. The van der Waals surface area contributed by atoms with Crippen LogP contribution < -0.4 is 10.8 Å². The zero-order valence-electron chi connectivity index (χ0n) is 13.9. The summed E-state index contributed by atoms with van der Waals surface area (Å²) < 4.78 is 0. The standard InChI is InChI=1S/C17H28N2O3/c1-10(2)14(15(20)19-22-3)18-16(21)17-7-11-4-12(8-17)6-13(5-11)9-17/h10-14H,4-9H2,1-3H3,(H,18,21)(H,19,20)/t11?,12?,13?,14-,17?/m1/s1. The third-order valence-corrected chi connectivity index (χ3v) is 5.96. The summed E-state index contributed by atoms with van der Waals surface area (Å²) in [6, 6.07) is -0.527. The first kappa shape index (κ1) is 15.8. The topological polar surface area (TPSA) is 67.4 Å². The van der Waals surface area contributed by atoms with E-state index in [1.54, 1.807) is 0 Å². The van der Waals surface area contributed by atoms with Crippen LogP contribution in [0.5, 0.6) is 0 Å². The van der Waals surface area contributed by atoms with Crippen molar-refractivity contribution in [2.75, 3.05) is 7.11 Å². The van der Waals surface area contributed by atoms with E-state index in [-0.39, 0.29) is 23.1 Å².